The summed E-state index contributed by atoms with van der Waals surface area (Å²) in [6.45, 7) is 12.3. The van der Waals surface area contributed by atoms with E-state index in [1.165, 1.54) is 55.9 Å². The number of carbonyl (C=O) groups is 1. The first-order valence-corrected chi connectivity index (χ1v) is 17.2. The number of amides is 1. The number of sulfonamides is 1. The van der Waals surface area contributed by atoms with E-state index >= 15 is 0 Å². The first kappa shape index (κ1) is 30.7. The Labute approximate surface area is 247 Å². The Morgan fingerprint density at radius 2 is 1.34 bits per heavy atom. The fourth-order valence-electron chi connectivity index (χ4n) is 7.75. The Morgan fingerprint density at radius 1 is 0.829 bits per heavy atom. The second-order valence-corrected chi connectivity index (χ2v) is 14.7. The lowest BCUT2D eigenvalue weighted by Gasteiger charge is -2.44. The molecule has 4 fully saturated rings. The molecule has 4 aliphatic rings. The van der Waals surface area contributed by atoms with E-state index in [-0.39, 0.29) is 18.9 Å². The number of benzene rings is 1. The molecule has 1 saturated carbocycles. The number of hydrogen-bond acceptors (Lipinski definition) is 7. The zero-order valence-electron chi connectivity index (χ0n) is 25.7. The summed E-state index contributed by atoms with van der Waals surface area (Å²) in [6, 6.07) is 5.47. The number of methoxy groups -OCH3 is 1. The van der Waals surface area contributed by atoms with Gasteiger partial charge >= 0.3 is 0 Å². The lowest BCUT2D eigenvalue weighted by molar-refractivity contribution is -0.130. The lowest BCUT2D eigenvalue weighted by atomic mass is 9.89. The van der Waals surface area contributed by atoms with Crippen molar-refractivity contribution < 1.29 is 17.9 Å². The first-order valence-electron chi connectivity index (χ1n) is 15.8. The molecule has 230 valence electrons. The van der Waals surface area contributed by atoms with Gasteiger partial charge in [-0.25, -0.2) is 12.7 Å². The van der Waals surface area contributed by atoms with Crippen molar-refractivity contribution in [3.8, 4) is 5.75 Å². The Bertz CT molecular complexity index is 1130. The standard InChI is InChI=1S/C31H51N5O4S/c1-24-21-29(40-4)22-25(2)31(24)41(38,39)32(3)15-12-30(37)36-16-11-28(23-36)35-19-17-34(18-20-35)27-9-7-26(8-10-27)33-13-5-6-14-33/h21-22,26-28H,5-20,23H2,1-4H3/t26-,27-,28?. The molecule has 1 amide bonds. The summed E-state index contributed by atoms with van der Waals surface area (Å²) in [5.41, 5.74) is 1.30. The van der Waals surface area contributed by atoms with Crippen molar-refractivity contribution in [1.82, 2.24) is 23.9 Å². The van der Waals surface area contributed by atoms with Crippen molar-refractivity contribution in [3.05, 3.63) is 23.3 Å². The smallest absolute Gasteiger partial charge is 0.243 e. The second-order valence-electron chi connectivity index (χ2n) is 12.7. The summed E-state index contributed by atoms with van der Waals surface area (Å²) in [5, 5.41) is 0. The maximum atomic E-state index is 13.3. The van der Waals surface area contributed by atoms with Crippen molar-refractivity contribution >= 4 is 15.9 Å². The summed E-state index contributed by atoms with van der Waals surface area (Å²) in [6.07, 6.45) is 9.38. The molecule has 0 spiro atoms. The zero-order chi connectivity index (χ0) is 29.1. The Kier molecular flexibility index (Phi) is 9.96. The van der Waals surface area contributed by atoms with Crippen LogP contribution < -0.4 is 4.74 Å². The van der Waals surface area contributed by atoms with Crippen molar-refractivity contribution in [2.45, 2.75) is 88.2 Å². The fourth-order valence-corrected chi connectivity index (χ4v) is 9.33. The van der Waals surface area contributed by atoms with Gasteiger partial charge in [-0.1, -0.05) is 0 Å². The van der Waals surface area contributed by atoms with Crippen LogP contribution in [0.25, 0.3) is 0 Å². The maximum absolute atomic E-state index is 13.3. The van der Waals surface area contributed by atoms with E-state index in [9.17, 15) is 13.2 Å². The van der Waals surface area contributed by atoms with E-state index in [1.807, 2.05) is 4.90 Å². The highest BCUT2D eigenvalue weighted by Gasteiger charge is 2.35. The SMILES string of the molecule is COc1cc(C)c(S(=O)(=O)N(C)CCC(=O)N2CCC(N3CCN([C@H]4CC[C@H](N5CCCC5)CC4)CC3)C2)c(C)c1. The van der Waals surface area contributed by atoms with E-state index in [0.717, 1.165) is 57.8 Å². The third kappa shape index (κ3) is 6.93. The number of piperazine rings is 1. The van der Waals surface area contributed by atoms with Gasteiger partial charge in [-0.2, -0.15) is 0 Å². The molecule has 3 heterocycles. The molecule has 9 nitrogen and oxygen atoms in total. The molecule has 3 aliphatic heterocycles. The molecule has 1 aromatic rings. The zero-order valence-corrected chi connectivity index (χ0v) is 26.5. The predicted molar refractivity (Wildman–Crippen MR) is 162 cm³/mol. The molecule has 3 saturated heterocycles. The largest absolute Gasteiger partial charge is 0.497 e. The maximum Gasteiger partial charge on any atom is 0.243 e. The molecule has 10 heteroatoms. The normalized spacial score (nSPS) is 27.1. The molecular weight excluding hydrogens is 538 g/mol. The van der Waals surface area contributed by atoms with Crippen LogP contribution in [0.4, 0.5) is 0 Å². The predicted octanol–water partition coefficient (Wildman–Crippen LogP) is 2.95. The van der Waals surface area contributed by atoms with Gasteiger partial charge in [0, 0.05) is 77.4 Å². The van der Waals surface area contributed by atoms with Crippen LogP contribution in [-0.2, 0) is 14.8 Å². The van der Waals surface area contributed by atoms with Crippen LogP contribution in [0.2, 0.25) is 0 Å². The van der Waals surface area contributed by atoms with Crippen LogP contribution in [-0.4, -0.2) is 129 Å². The number of rotatable bonds is 9. The number of ether oxygens (including phenoxy) is 1. The molecule has 1 unspecified atom stereocenters. The van der Waals surface area contributed by atoms with Crippen LogP contribution in [0.1, 0.15) is 62.5 Å². The number of carbonyl (C=O) groups excluding carboxylic acids is 1. The minimum Gasteiger partial charge on any atom is -0.497 e. The molecule has 5 rings (SSSR count). The molecule has 0 N–H and O–H groups in total. The van der Waals surface area contributed by atoms with Gasteiger partial charge in [0.25, 0.3) is 0 Å². The quantitative estimate of drug-likeness (QED) is 0.439. The van der Waals surface area contributed by atoms with Crippen LogP contribution >= 0.6 is 0 Å². The third-order valence-electron chi connectivity index (χ3n) is 10.2. The molecule has 0 aromatic heterocycles. The van der Waals surface area contributed by atoms with Gasteiger partial charge in [0.2, 0.25) is 15.9 Å². The van der Waals surface area contributed by atoms with Gasteiger partial charge in [0.15, 0.2) is 0 Å². The van der Waals surface area contributed by atoms with Gasteiger partial charge in [-0.05, 0) is 95.1 Å². The van der Waals surface area contributed by atoms with Gasteiger partial charge in [0.05, 0.1) is 12.0 Å². The Balaban J connectivity index is 1.05. The minimum atomic E-state index is -3.70. The average molecular weight is 590 g/mol. The molecule has 41 heavy (non-hydrogen) atoms. The molecule has 0 bridgehead atoms. The molecule has 1 atom stereocenters. The average Bonchev–Trinajstić information content (AvgIpc) is 3.69. The van der Waals surface area contributed by atoms with E-state index in [2.05, 4.69) is 14.7 Å². The molecule has 0 radical (unpaired) electrons. The van der Waals surface area contributed by atoms with Gasteiger partial charge < -0.3 is 14.5 Å². The van der Waals surface area contributed by atoms with Gasteiger partial charge in [-0.3, -0.25) is 14.6 Å². The van der Waals surface area contributed by atoms with Crippen LogP contribution in [0.15, 0.2) is 17.0 Å². The number of nitrogens with zero attached hydrogens (tertiary/aromatic N) is 5. The molecular formula is C31H51N5O4S. The van der Waals surface area contributed by atoms with Crippen molar-refractivity contribution in [2.24, 2.45) is 0 Å². The van der Waals surface area contributed by atoms with Crippen molar-refractivity contribution in [2.75, 3.05) is 73.1 Å². The third-order valence-corrected chi connectivity index (χ3v) is 12.4. The highest BCUT2D eigenvalue weighted by atomic mass is 32.2. The van der Waals surface area contributed by atoms with E-state index < -0.39 is 10.0 Å². The van der Waals surface area contributed by atoms with E-state index in [4.69, 9.17) is 4.74 Å². The van der Waals surface area contributed by atoms with E-state index in [0.29, 0.717) is 27.8 Å². The van der Waals surface area contributed by atoms with Crippen molar-refractivity contribution in [3.63, 3.8) is 0 Å². The minimum absolute atomic E-state index is 0.0473. The van der Waals surface area contributed by atoms with Crippen LogP contribution in [0, 0.1) is 13.8 Å². The second kappa shape index (κ2) is 13.3. The summed E-state index contributed by atoms with van der Waals surface area (Å²) in [7, 11) is -0.563. The van der Waals surface area contributed by atoms with Gasteiger partial charge in [0.1, 0.15) is 5.75 Å². The first-order chi connectivity index (χ1) is 19.7. The fraction of sp³-hybridized carbons (Fsp3) is 0.774. The number of aryl methyl sites for hydroxylation is 2. The molecule has 1 aromatic carbocycles. The summed E-state index contributed by atoms with van der Waals surface area (Å²) < 4.78 is 33.3. The summed E-state index contributed by atoms with van der Waals surface area (Å²) >= 11 is 0. The summed E-state index contributed by atoms with van der Waals surface area (Å²) in [4.78, 5) is 23.4. The van der Waals surface area contributed by atoms with Crippen LogP contribution in [0.3, 0.4) is 0 Å². The summed E-state index contributed by atoms with van der Waals surface area (Å²) in [5.74, 6) is 0.688. The Morgan fingerprint density at radius 3 is 1.88 bits per heavy atom. The van der Waals surface area contributed by atoms with Crippen molar-refractivity contribution in [1.29, 1.82) is 0 Å². The lowest BCUT2D eigenvalue weighted by Crippen LogP contribution is -2.54. The number of likely N-dealkylation sites (tertiary alicyclic amines) is 2. The van der Waals surface area contributed by atoms with Crippen LogP contribution in [0.5, 0.6) is 5.75 Å². The molecule has 1 aliphatic carbocycles. The van der Waals surface area contributed by atoms with E-state index in [1.54, 1.807) is 40.1 Å². The Hall–Kier alpha value is -1.72. The highest BCUT2D eigenvalue weighted by Crippen LogP contribution is 2.30. The highest BCUT2D eigenvalue weighted by molar-refractivity contribution is 7.89. The van der Waals surface area contributed by atoms with Gasteiger partial charge in [-0.15, -0.1) is 0 Å². The monoisotopic (exact) mass is 589 g/mol. The number of hydrogen-bond donors (Lipinski definition) is 0. The topological polar surface area (TPSA) is 76.6 Å².